The molecular formula is C22H24N4O3. The zero-order chi connectivity index (χ0) is 20.7. The number of nitrogens with zero attached hydrogens (tertiary/aromatic N) is 2. The lowest BCUT2D eigenvalue weighted by molar-refractivity contribution is 0.343. The van der Waals surface area contributed by atoms with Gasteiger partial charge in [-0.25, -0.2) is 4.98 Å². The van der Waals surface area contributed by atoms with Crippen molar-refractivity contribution in [3.8, 4) is 11.5 Å². The van der Waals surface area contributed by atoms with Gasteiger partial charge in [0.25, 0.3) is 0 Å². The van der Waals surface area contributed by atoms with Gasteiger partial charge in [0.05, 0.1) is 42.6 Å². The number of aromatic amines is 1. The molecule has 4 rings (SSSR count). The fourth-order valence-corrected chi connectivity index (χ4v) is 3.79. The molecule has 0 saturated carbocycles. The number of H-pyrrole nitrogens is 1. The van der Waals surface area contributed by atoms with Crippen molar-refractivity contribution in [2.24, 2.45) is 5.92 Å². The van der Waals surface area contributed by atoms with Crippen LogP contribution in [0.4, 0.5) is 5.69 Å². The van der Waals surface area contributed by atoms with Crippen molar-refractivity contribution >= 4 is 28.1 Å². The molecule has 1 aliphatic heterocycles. The van der Waals surface area contributed by atoms with Crippen LogP contribution in [0.15, 0.2) is 48.2 Å². The number of amidine groups is 1. The quantitative estimate of drug-likeness (QED) is 0.599. The highest BCUT2D eigenvalue weighted by Gasteiger charge is 2.41. The zero-order valence-corrected chi connectivity index (χ0v) is 16.9. The molecule has 0 saturated heterocycles. The van der Waals surface area contributed by atoms with E-state index in [4.69, 9.17) is 14.9 Å². The van der Waals surface area contributed by atoms with Gasteiger partial charge in [-0.2, -0.15) is 0 Å². The maximum absolute atomic E-state index is 11.1. The Balaban J connectivity index is 1.84. The Morgan fingerprint density at radius 1 is 1.10 bits per heavy atom. The first-order valence-electron chi connectivity index (χ1n) is 9.44. The Labute approximate surface area is 169 Å². The highest BCUT2D eigenvalue weighted by atomic mass is 16.5. The lowest BCUT2D eigenvalue weighted by Crippen LogP contribution is -2.39. The van der Waals surface area contributed by atoms with Gasteiger partial charge in [-0.3, -0.25) is 5.41 Å². The van der Waals surface area contributed by atoms with Crippen LogP contribution in [-0.4, -0.2) is 41.2 Å². The Hall–Kier alpha value is -3.48. The lowest BCUT2D eigenvalue weighted by atomic mass is 10.0. The molecule has 1 unspecified atom stereocenters. The molecule has 3 aromatic rings. The van der Waals surface area contributed by atoms with Crippen molar-refractivity contribution < 1.29 is 14.6 Å². The molecule has 1 aliphatic rings. The van der Waals surface area contributed by atoms with E-state index < -0.39 is 6.04 Å². The summed E-state index contributed by atoms with van der Waals surface area (Å²) in [6, 6.07) is 12.7. The molecule has 7 nitrogen and oxygen atoms in total. The van der Waals surface area contributed by atoms with E-state index in [9.17, 15) is 5.11 Å². The van der Waals surface area contributed by atoms with Crippen LogP contribution in [0.25, 0.3) is 16.6 Å². The summed E-state index contributed by atoms with van der Waals surface area (Å²) in [5, 5.41) is 20.0. The molecular weight excluding hydrogens is 368 g/mol. The van der Waals surface area contributed by atoms with Crippen LogP contribution in [0.1, 0.15) is 19.7 Å². The summed E-state index contributed by atoms with van der Waals surface area (Å²) in [5.74, 6) is 2.07. The maximum Gasteiger partial charge on any atom is 0.145 e. The van der Waals surface area contributed by atoms with Crippen LogP contribution in [-0.2, 0) is 0 Å². The first-order valence-corrected chi connectivity index (χ1v) is 9.44. The van der Waals surface area contributed by atoms with Crippen LogP contribution < -0.4 is 14.4 Å². The molecule has 1 aromatic heterocycles. The number of imidazole rings is 1. The van der Waals surface area contributed by atoms with Crippen molar-refractivity contribution in [3.05, 3.63) is 54.0 Å². The third-order valence-corrected chi connectivity index (χ3v) is 5.16. The van der Waals surface area contributed by atoms with Crippen molar-refractivity contribution in [2.45, 2.75) is 19.9 Å². The summed E-state index contributed by atoms with van der Waals surface area (Å²) in [6.07, 6.45) is 0. The van der Waals surface area contributed by atoms with Gasteiger partial charge in [-0.15, -0.1) is 0 Å². The fourth-order valence-electron chi connectivity index (χ4n) is 3.79. The molecule has 3 N–H and O–H groups in total. The number of hydrogen-bond donors (Lipinski definition) is 3. The summed E-state index contributed by atoms with van der Waals surface area (Å²) < 4.78 is 10.8. The number of hydrogen-bond acceptors (Lipinski definition) is 5. The summed E-state index contributed by atoms with van der Waals surface area (Å²) >= 11 is 0. The molecule has 0 fully saturated rings. The number of ether oxygens (including phenoxy) is 2. The maximum atomic E-state index is 11.1. The Kier molecular flexibility index (Phi) is 4.66. The van der Waals surface area contributed by atoms with Crippen LogP contribution in [0.3, 0.4) is 0 Å². The molecule has 0 spiro atoms. The summed E-state index contributed by atoms with van der Waals surface area (Å²) in [7, 11) is 3.17. The molecule has 2 heterocycles. The van der Waals surface area contributed by atoms with Crippen molar-refractivity contribution in [1.82, 2.24) is 9.97 Å². The predicted molar refractivity (Wildman–Crippen MR) is 114 cm³/mol. The minimum Gasteiger partial charge on any atom is -0.509 e. The first-order chi connectivity index (χ1) is 13.9. The number of aromatic nitrogens is 2. The van der Waals surface area contributed by atoms with Gasteiger partial charge in [-0.1, -0.05) is 26.0 Å². The first kappa shape index (κ1) is 18.9. The standard InChI is InChI=1S/C22H24N4O3/c1-12(2)19-20(27)18(22-24-16-7-5-6-8-17(16)25-22)21(23)26(19)13-9-14(28-3)11-15(10-13)29-4/h5-12,19,23,27H,1-4H3,(H,24,25). The van der Waals surface area contributed by atoms with Crippen LogP contribution in [0.2, 0.25) is 0 Å². The molecule has 2 aromatic carbocycles. The topological polar surface area (TPSA) is 94.5 Å². The van der Waals surface area contributed by atoms with Gasteiger partial charge in [0.2, 0.25) is 0 Å². The van der Waals surface area contributed by atoms with Gasteiger partial charge in [0, 0.05) is 18.2 Å². The number of nitrogens with one attached hydrogen (secondary N) is 2. The SMILES string of the molecule is COc1cc(OC)cc(N2C(=N)C(c3nc4ccccc4[nH]3)=C(O)C2C(C)C)c1. The average Bonchev–Trinajstić information content (AvgIpc) is 3.25. The van der Waals surface area contributed by atoms with E-state index in [0.29, 0.717) is 28.6 Å². The van der Waals surface area contributed by atoms with Gasteiger partial charge < -0.3 is 24.5 Å². The monoisotopic (exact) mass is 392 g/mol. The van der Waals surface area contributed by atoms with Gasteiger partial charge in [0.15, 0.2) is 0 Å². The van der Waals surface area contributed by atoms with Gasteiger partial charge in [0.1, 0.15) is 28.9 Å². The number of rotatable bonds is 5. The molecule has 150 valence electrons. The second kappa shape index (κ2) is 7.16. The number of aliphatic hydroxyl groups excluding tert-OH is 1. The number of aliphatic hydroxyl groups is 1. The van der Waals surface area contributed by atoms with Gasteiger partial charge in [-0.05, 0) is 18.1 Å². The number of anilines is 1. The Bertz CT molecular complexity index is 1060. The lowest BCUT2D eigenvalue weighted by Gasteiger charge is -2.30. The predicted octanol–water partition coefficient (Wildman–Crippen LogP) is 4.37. The second-order valence-corrected chi connectivity index (χ2v) is 7.34. The summed E-state index contributed by atoms with van der Waals surface area (Å²) in [6.45, 7) is 4.03. The summed E-state index contributed by atoms with van der Waals surface area (Å²) in [5.41, 5.74) is 2.76. The van der Waals surface area contributed by atoms with Crippen LogP contribution in [0, 0.1) is 11.3 Å². The van der Waals surface area contributed by atoms with Crippen molar-refractivity contribution in [1.29, 1.82) is 5.41 Å². The number of benzene rings is 2. The molecule has 0 amide bonds. The number of fused-ring (bicyclic) bond motifs is 1. The van der Waals surface area contributed by atoms with E-state index in [1.165, 1.54) is 0 Å². The van der Waals surface area contributed by atoms with E-state index in [2.05, 4.69) is 9.97 Å². The van der Waals surface area contributed by atoms with E-state index in [1.54, 1.807) is 25.2 Å². The molecule has 0 aliphatic carbocycles. The largest absolute Gasteiger partial charge is 0.509 e. The molecule has 1 atom stereocenters. The van der Waals surface area contributed by atoms with E-state index in [-0.39, 0.29) is 17.5 Å². The average molecular weight is 392 g/mol. The number of para-hydroxylation sites is 2. The highest BCUT2D eigenvalue weighted by Crippen LogP contribution is 2.40. The van der Waals surface area contributed by atoms with Crippen molar-refractivity contribution in [3.63, 3.8) is 0 Å². The van der Waals surface area contributed by atoms with Crippen molar-refractivity contribution in [2.75, 3.05) is 19.1 Å². The Morgan fingerprint density at radius 2 is 1.76 bits per heavy atom. The van der Waals surface area contributed by atoms with E-state index in [1.807, 2.05) is 50.2 Å². The molecule has 29 heavy (non-hydrogen) atoms. The van der Waals surface area contributed by atoms with Crippen LogP contribution >= 0.6 is 0 Å². The Morgan fingerprint density at radius 3 is 2.34 bits per heavy atom. The normalized spacial score (nSPS) is 16.9. The third-order valence-electron chi connectivity index (χ3n) is 5.16. The number of methoxy groups -OCH3 is 2. The highest BCUT2D eigenvalue weighted by molar-refractivity contribution is 6.31. The fraction of sp³-hybridized carbons (Fsp3) is 0.273. The van der Waals surface area contributed by atoms with Crippen LogP contribution in [0.5, 0.6) is 11.5 Å². The zero-order valence-electron chi connectivity index (χ0n) is 16.9. The molecule has 7 heteroatoms. The smallest absolute Gasteiger partial charge is 0.145 e. The minimum absolute atomic E-state index is 0.0504. The van der Waals surface area contributed by atoms with Gasteiger partial charge >= 0.3 is 0 Å². The third kappa shape index (κ3) is 3.08. The molecule has 0 radical (unpaired) electrons. The van der Waals surface area contributed by atoms with E-state index in [0.717, 1.165) is 11.0 Å². The minimum atomic E-state index is -0.400. The van der Waals surface area contributed by atoms with E-state index >= 15 is 0 Å². The summed E-state index contributed by atoms with van der Waals surface area (Å²) in [4.78, 5) is 9.62. The second-order valence-electron chi connectivity index (χ2n) is 7.34. The molecule has 0 bridgehead atoms.